The summed E-state index contributed by atoms with van der Waals surface area (Å²) in [5.74, 6) is -1.51. The molecule has 2 aliphatic heterocycles. The highest BCUT2D eigenvalue weighted by molar-refractivity contribution is 8.01. The number of esters is 1. The van der Waals surface area contributed by atoms with Crippen LogP contribution in [0.4, 0.5) is 0 Å². The van der Waals surface area contributed by atoms with Crippen molar-refractivity contribution >= 4 is 64.3 Å². The van der Waals surface area contributed by atoms with Crippen LogP contribution in [-0.2, 0) is 19.1 Å². The highest BCUT2D eigenvalue weighted by Gasteiger charge is 2.70. The standard InChI is InChI=1S/C12H15Cl3N2O4S/c1-6(18)16-12(9(20)21-5-11(13,14)15)10(2,3)22-8-4-7(19)17(8)12/h8H,4-5H2,1-3H3,(H,16,18)/t8-,12?/m1/s1. The van der Waals surface area contributed by atoms with Gasteiger partial charge in [-0.25, -0.2) is 4.79 Å². The molecule has 2 heterocycles. The molecular formula is C12H15Cl3N2O4S. The number of halogens is 3. The van der Waals surface area contributed by atoms with Crippen molar-refractivity contribution in [3.63, 3.8) is 0 Å². The molecule has 2 amide bonds. The van der Waals surface area contributed by atoms with E-state index in [1.165, 1.54) is 23.6 Å². The maximum Gasteiger partial charge on any atom is 0.354 e. The Morgan fingerprint density at radius 3 is 2.50 bits per heavy atom. The summed E-state index contributed by atoms with van der Waals surface area (Å²) in [6.07, 6.45) is 0.313. The number of nitrogens with one attached hydrogen (secondary N) is 1. The summed E-state index contributed by atoms with van der Waals surface area (Å²) >= 11 is 18.2. The van der Waals surface area contributed by atoms with Gasteiger partial charge in [0.05, 0.1) is 16.5 Å². The molecule has 10 heteroatoms. The molecule has 0 spiro atoms. The van der Waals surface area contributed by atoms with Crippen molar-refractivity contribution in [3.8, 4) is 0 Å². The second-order valence-electron chi connectivity index (χ2n) is 5.63. The number of carbonyl (C=O) groups excluding carboxylic acids is 3. The number of alkyl halides is 3. The monoisotopic (exact) mass is 388 g/mol. The van der Waals surface area contributed by atoms with Crippen molar-refractivity contribution in [2.45, 2.75) is 46.8 Å². The second kappa shape index (κ2) is 5.61. The van der Waals surface area contributed by atoms with E-state index in [9.17, 15) is 14.4 Å². The normalized spacial score (nSPS) is 29.6. The highest BCUT2D eigenvalue weighted by atomic mass is 35.6. The number of β-lactam (4-membered cyclic amide) rings is 1. The highest BCUT2D eigenvalue weighted by Crippen LogP contribution is 2.56. The topological polar surface area (TPSA) is 75.7 Å². The third-order valence-electron chi connectivity index (χ3n) is 3.59. The van der Waals surface area contributed by atoms with Crippen LogP contribution in [0.1, 0.15) is 27.2 Å². The van der Waals surface area contributed by atoms with Crippen molar-refractivity contribution in [1.82, 2.24) is 10.2 Å². The van der Waals surface area contributed by atoms with E-state index in [2.05, 4.69) is 5.32 Å². The number of rotatable bonds is 3. The van der Waals surface area contributed by atoms with Gasteiger partial charge >= 0.3 is 5.97 Å². The van der Waals surface area contributed by atoms with Gasteiger partial charge in [-0.05, 0) is 13.8 Å². The molecule has 1 N–H and O–H groups in total. The fraction of sp³-hybridized carbons (Fsp3) is 0.750. The number of carbonyl (C=O) groups is 3. The molecule has 2 aliphatic rings. The fourth-order valence-corrected chi connectivity index (χ4v) is 4.57. The molecule has 2 saturated heterocycles. The Morgan fingerprint density at radius 1 is 1.45 bits per heavy atom. The Balaban J connectivity index is 2.37. The molecule has 2 rings (SSSR count). The minimum atomic E-state index is -1.78. The predicted octanol–water partition coefficient (Wildman–Crippen LogP) is 1.82. The maximum atomic E-state index is 12.7. The number of nitrogens with zero attached hydrogens (tertiary/aromatic N) is 1. The Kier molecular flexibility index (Phi) is 4.59. The van der Waals surface area contributed by atoms with E-state index in [-0.39, 0.29) is 11.3 Å². The van der Waals surface area contributed by atoms with Gasteiger partial charge < -0.3 is 10.1 Å². The van der Waals surface area contributed by atoms with Gasteiger partial charge in [0, 0.05) is 6.92 Å². The zero-order valence-corrected chi connectivity index (χ0v) is 15.2. The van der Waals surface area contributed by atoms with Crippen LogP contribution in [0.3, 0.4) is 0 Å². The number of amides is 2. The summed E-state index contributed by atoms with van der Waals surface area (Å²) in [6.45, 7) is 4.30. The summed E-state index contributed by atoms with van der Waals surface area (Å²) in [7, 11) is 0. The molecule has 0 bridgehead atoms. The first-order chi connectivity index (χ1) is 9.91. The van der Waals surface area contributed by atoms with E-state index in [4.69, 9.17) is 39.5 Å². The molecule has 6 nitrogen and oxygen atoms in total. The lowest BCUT2D eigenvalue weighted by atomic mass is 9.89. The van der Waals surface area contributed by atoms with Crippen LogP contribution in [0.15, 0.2) is 0 Å². The van der Waals surface area contributed by atoms with Gasteiger partial charge in [0.15, 0.2) is 0 Å². The molecule has 0 aromatic carbocycles. The lowest BCUT2D eigenvalue weighted by molar-refractivity contribution is -0.177. The van der Waals surface area contributed by atoms with Crippen molar-refractivity contribution in [1.29, 1.82) is 0 Å². The number of thioether (sulfide) groups is 1. The Labute approximate surface area is 147 Å². The minimum Gasteiger partial charge on any atom is -0.458 e. The fourth-order valence-electron chi connectivity index (χ4n) is 2.71. The number of hydrogen-bond donors (Lipinski definition) is 1. The van der Waals surface area contributed by atoms with Crippen LogP contribution < -0.4 is 5.32 Å². The Bertz CT molecular complexity index is 537. The zero-order chi connectivity index (χ0) is 16.9. The van der Waals surface area contributed by atoms with E-state index in [0.717, 1.165) is 0 Å². The summed E-state index contributed by atoms with van der Waals surface area (Å²) in [5.41, 5.74) is -1.61. The average Bonchev–Trinajstić information content (AvgIpc) is 2.49. The predicted molar refractivity (Wildman–Crippen MR) is 84.7 cm³/mol. The molecule has 124 valence electrons. The van der Waals surface area contributed by atoms with E-state index >= 15 is 0 Å². The molecule has 0 aliphatic carbocycles. The van der Waals surface area contributed by atoms with Crippen LogP contribution in [0.2, 0.25) is 0 Å². The first-order valence-electron chi connectivity index (χ1n) is 6.43. The number of fused-ring (bicyclic) bond motifs is 1. The van der Waals surface area contributed by atoms with Gasteiger partial charge in [0.2, 0.25) is 21.3 Å². The minimum absolute atomic E-state index is 0.185. The third kappa shape index (κ3) is 2.88. The zero-order valence-electron chi connectivity index (χ0n) is 12.1. The van der Waals surface area contributed by atoms with E-state index < -0.39 is 32.7 Å². The molecule has 0 radical (unpaired) electrons. The maximum absolute atomic E-state index is 12.7. The van der Waals surface area contributed by atoms with E-state index in [1.54, 1.807) is 13.8 Å². The summed E-state index contributed by atoms with van der Waals surface area (Å²) in [6, 6.07) is 0. The van der Waals surface area contributed by atoms with Crippen LogP contribution in [0.25, 0.3) is 0 Å². The first-order valence-corrected chi connectivity index (χ1v) is 8.45. The third-order valence-corrected chi connectivity index (χ3v) is 5.45. The molecule has 22 heavy (non-hydrogen) atoms. The molecular weight excluding hydrogens is 375 g/mol. The van der Waals surface area contributed by atoms with Crippen LogP contribution in [-0.4, -0.2) is 48.9 Å². The lowest BCUT2D eigenvalue weighted by Crippen LogP contribution is -2.75. The van der Waals surface area contributed by atoms with Crippen LogP contribution in [0.5, 0.6) is 0 Å². The van der Waals surface area contributed by atoms with E-state index in [0.29, 0.717) is 6.42 Å². The lowest BCUT2D eigenvalue weighted by Gasteiger charge is -2.47. The van der Waals surface area contributed by atoms with E-state index in [1.807, 2.05) is 0 Å². The molecule has 2 fully saturated rings. The van der Waals surface area contributed by atoms with Gasteiger partial charge in [0.25, 0.3) is 0 Å². The quantitative estimate of drug-likeness (QED) is 0.453. The van der Waals surface area contributed by atoms with Gasteiger partial charge in [0.1, 0.15) is 6.61 Å². The molecule has 0 aromatic rings. The number of hydrogen-bond acceptors (Lipinski definition) is 5. The Hall–Kier alpha value is -0.370. The molecule has 0 saturated carbocycles. The van der Waals surface area contributed by atoms with Crippen molar-refractivity contribution < 1.29 is 19.1 Å². The van der Waals surface area contributed by atoms with Crippen molar-refractivity contribution in [2.24, 2.45) is 0 Å². The summed E-state index contributed by atoms with van der Waals surface area (Å²) in [4.78, 5) is 37.6. The van der Waals surface area contributed by atoms with Gasteiger partial charge in [-0.15, -0.1) is 11.8 Å². The average molecular weight is 390 g/mol. The summed E-state index contributed by atoms with van der Waals surface area (Å²) in [5, 5.41) is 2.40. The molecule has 2 atom stereocenters. The van der Waals surface area contributed by atoms with Crippen LogP contribution in [0, 0.1) is 0 Å². The summed E-state index contributed by atoms with van der Waals surface area (Å²) < 4.78 is 2.51. The second-order valence-corrected chi connectivity index (χ2v) is 9.95. The Morgan fingerprint density at radius 2 is 2.05 bits per heavy atom. The smallest absolute Gasteiger partial charge is 0.354 e. The van der Waals surface area contributed by atoms with Gasteiger partial charge in [-0.1, -0.05) is 34.8 Å². The van der Waals surface area contributed by atoms with Gasteiger partial charge in [-0.2, -0.15) is 0 Å². The number of ether oxygens (including phenoxy) is 1. The van der Waals surface area contributed by atoms with Gasteiger partial charge in [-0.3, -0.25) is 14.5 Å². The van der Waals surface area contributed by atoms with Crippen LogP contribution >= 0.6 is 46.6 Å². The largest absolute Gasteiger partial charge is 0.458 e. The van der Waals surface area contributed by atoms with Crippen molar-refractivity contribution in [2.75, 3.05) is 6.61 Å². The SMILES string of the molecule is CC(=O)NC1(C(=O)OCC(Cl)(Cl)Cl)N2C(=O)C[C@H]2SC1(C)C. The molecule has 0 aromatic heterocycles. The first kappa shape index (κ1) is 18.0. The van der Waals surface area contributed by atoms with Crippen molar-refractivity contribution in [3.05, 3.63) is 0 Å². The molecule has 1 unspecified atom stereocenters.